The molecule has 0 spiro atoms. The van der Waals surface area contributed by atoms with Crippen molar-refractivity contribution in [1.29, 1.82) is 0 Å². The van der Waals surface area contributed by atoms with Gasteiger partial charge in [-0.2, -0.15) is 4.98 Å². The number of rotatable bonds is 4. The van der Waals surface area contributed by atoms with E-state index < -0.39 is 0 Å². The first kappa shape index (κ1) is 11.8. The molecule has 0 fully saturated rings. The quantitative estimate of drug-likeness (QED) is 0.774. The molecule has 0 saturated carbocycles. The summed E-state index contributed by atoms with van der Waals surface area (Å²) in [6.45, 7) is 4.33. The van der Waals surface area contributed by atoms with Gasteiger partial charge in [0.2, 0.25) is 0 Å². The maximum absolute atomic E-state index is 11.5. The Morgan fingerprint density at radius 2 is 2.27 bits per heavy atom. The molecule has 0 radical (unpaired) electrons. The number of nitrogens with zero attached hydrogens (tertiary/aromatic N) is 2. The largest absolute Gasteiger partial charge is 0.393 e. The Morgan fingerprint density at radius 3 is 2.80 bits per heavy atom. The molecule has 0 aliphatic carbocycles. The second kappa shape index (κ2) is 5.02. The zero-order valence-corrected chi connectivity index (χ0v) is 9.80. The van der Waals surface area contributed by atoms with Crippen LogP contribution in [0.1, 0.15) is 24.2 Å². The molecule has 0 aromatic carbocycles. The van der Waals surface area contributed by atoms with E-state index in [9.17, 15) is 4.79 Å². The minimum Gasteiger partial charge on any atom is -0.393 e. The molecule has 0 aliphatic rings. The van der Waals surface area contributed by atoms with Crippen molar-refractivity contribution < 1.29 is 0 Å². The van der Waals surface area contributed by atoms with Crippen LogP contribution in [0.3, 0.4) is 0 Å². The zero-order valence-electron chi connectivity index (χ0n) is 8.99. The summed E-state index contributed by atoms with van der Waals surface area (Å²) in [6.07, 6.45) is 1.44. The summed E-state index contributed by atoms with van der Waals surface area (Å²) in [5.74, 6) is 0. The lowest BCUT2D eigenvalue weighted by Crippen LogP contribution is -2.26. The second-order valence-electron chi connectivity index (χ2n) is 3.54. The van der Waals surface area contributed by atoms with E-state index in [4.69, 9.17) is 18.0 Å². The molecule has 82 valence electrons. The van der Waals surface area contributed by atoms with Gasteiger partial charge in [-0.1, -0.05) is 12.2 Å². The van der Waals surface area contributed by atoms with Crippen molar-refractivity contribution >= 4 is 17.2 Å². The standard InChI is InChI=1S/C10H15N3OS/c1-7-6-8(2)13(10(14)12-7)5-3-4-9(11)15/h6H,3-5H2,1-2H3,(H2,11,15). The number of nitrogens with two attached hydrogens (primary N) is 1. The van der Waals surface area contributed by atoms with E-state index in [1.165, 1.54) is 0 Å². The van der Waals surface area contributed by atoms with Crippen LogP contribution in [0.25, 0.3) is 0 Å². The molecule has 5 heteroatoms. The average Bonchev–Trinajstić information content (AvgIpc) is 2.08. The monoisotopic (exact) mass is 225 g/mol. The molecule has 1 aromatic rings. The third kappa shape index (κ3) is 3.43. The van der Waals surface area contributed by atoms with Crippen molar-refractivity contribution in [3.05, 3.63) is 27.9 Å². The summed E-state index contributed by atoms with van der Waals surface area (Å²) in [7, 11) is 0. The summed E-state index contributed by atoms with van der Waals surface area (Å²) < 4.78 is 1.64. The number of thiocarbonyl (C=S) groups is 1. The molecule has 0 amide bonds. The first-order valence-electron chi connectivity index (χ1n) is 4.84. The van der Waals surface area contributed by atoms with Gasteiger partial charge >= 0.3 is 5.69 Å². The maximum atomic E-state index is 11.5. The molecule has 0 aliphatic heterocycles. The molecule has 1 heterocycles. The van der Waals surface area contributed by atoms with E-state index in [0.717, 1.165) is 17.8 Å². The van der Waals surface area contributed by atoms with Gasteiger partial charge in [-0.25, -0.2) is 4.79 Å². The van der Waals surface area contributed by atoms with Gasteiger partial charge < -0.3 is 5.73 Å². The van der Waals surface area contributed by atoms with Crippen LogP contribution in [0.4, 0.5) is 0 Å². The van der Waals surface area contributed by atoms with Gasteiger partial charge in [0.25, 0.3) is 0 Å². The van der Waals surface area contributed by atoms with Gasteiger partial charge in [-0.3, -0.25) is 4.57 Å². The third-order valence-electron chi connectivity index (χ3n) is 2.15. The van der Waals surface area contributed by atoms with E-state index in [1.54, 1.807) is 4.57 Å². The smallest absolute Gasteiger partial charge is 0.347 e. The van der Waals surface area contributed by atoms with Gasteiger partial charge in [0.05, 0.1) is 4.99 Å². The topological polar surface area (TPSA) is 60.9 Å². The van der Waals surface area contributed by atoms with E-state index in [-0.39, 0.29) is 5.69 Å². The zero-order chi connectivity index (χ0) is 11.4. The fourth-order valence-electron chi connectivity index (χ4n) is 1.46. The van der Waals surface area contributed by atoms with Gasteiger partial charge in [0, 0.05) is 17.9 Å². The van der Waals surface area contributed by atoms with E-state index in [0.29, 0.717) is 18.0 Å². The summed E-state index contributed by atoms with van der Waals surface area (Å²) in [6, 6.07) is 1.89. The van der Waals surface area contributed by atoms with E-state index >= 15 is 0 Å². The fourth-order valence-corrected chi connectivity index (χ4v) is 1.60. The molecule has 1 rings (SSSR count). The fraction of sp³-hybridized carbons (Fsp3) is 0.500. The normalized spacial score (nSPS) is 10.3. The molecular formula is C10H15N3OS. The lowest BCUT2D eigenvalue weighted by Gasteiger charge is -2.08. The highest BCUT2D eigenvalue weighted by Gasteiger charge is 2.02. The van der Waals surface area contributed by atoms with Crippen molar-refractivity contribution in [2.24, 2.45) is 5.73 Å². The van der Waals surface area contributed by atoms with Crippen LogP contribution >= 0.6 is 12.2 Å². The van der Waals surface area contributed by atoms with Gasteiger partial charge in [0.1, 0.15) is 0 Å². The highest BCUT2D eigenvalue weighted by Crippen LogP contribution is 1.99. The predicted molar refractivity (Wildman–Crippen MR) is 64.0 cm³/mol. The summed E-state index contributed by atoms with van der Waals surface area (Å²) in [4.78, 5) is 15.9. The Kier molecular flexibility index (Phi) is 3.96. The van der Waals surface area contributed by atoms with Crippen LogP contribution in [-0.2, 0) is 6.54 Å². The van der Waals surface area contributed by atoms with Crippen LogP contribution in [0.2, 0.25) is 0 Å². The van der Waals surface area contributed by atoms with Crippen molar-refractivity contribution in [1.82, 2.24) is 9.55 Å². The van der Waals surface area contributed by atoms with Gasteiger partial charge in [-0.05, 0) is 32.8 Å². The highest BCUT2D eigenvalue weighted by molar-refractivity contribution is 7.80. The summed E-state index contributed by atoms with van der Waals surface area (Å²) >= 11 is 4.77. The molecule has 15 heavy (non-hydrogen) atoms. The van der Waals surface area contributed by atoms with E-state index in [2.05, 4.69) is 4.98 Å². The predicted octanol–water partition coefficient (Wildman–Crippen LogP) is 0.926. The minimum atomic E-state index is -0.199. The molecule has 0 bridgehead atoms. The Labute approximate surface area is 94.1 Å². The summed E-state index contributed by atoms with van der Waals surface area (Å²) in [5, 5.41) is 0. The van der Waals surface area contributed by atoms with Crippen molar-refractivity contribution in [2.45, 2.75) is 33.2 Å². The Bertz CT molecular complexity index is 425. The molecule has 0 unspecified atom stereocenters. The van der Waals surface area contributed by atoms with Crippen LogP contribution in [0.5, 0.6) is 0 Å². The molecular weight excluding hydrogens is 210 g/mol. The maximum Gasteiger partial charge on any atom is 0.347 e. The molecule has 0 atom stereocenters. The van der Waals surface area contributed by atoms with Crippen molar-refractivity contribution in [2.75, 3.05) is 0 Å². The second-order valence-corrected chi connectivity index (χ2v) is 4.07. The molecule has 0 saturated heterocycles. The lowest BCUT2D eigenvalue weighted by atomic mass is 10.3. The lowest BCUT2D eigenvalue weighted by molar-refractivity contribution is 0.601. The Balaban J connectivity index is 2.77. The first-order valence-corrected chi connectivity index (χ1v) is 5.25. The van der Waals surface area contributed by atoms with Crippen LogP contribution in [0, 0.1) is 13.8 Å². The van der Waals surface area contributed by atoms with Crippen LogP contribution < -0.4 is 11.4 Å². The van der Waals surface area contributed by atoms with Crippen LogP contribution in [-0.4, -0.2) is 14.5 Å². The third-order valence-corrected chi connectivity index (χ3v) is 2.36. The first-order chi connectivity index (χ1) is 7.00. The molecule has 1 aromatic heterocycles. The van der Waals surface area contributed by atoms with Crippen molar-refractivity contribution in [3.63, 3.8) is 0 Å². The average molecular weight is 225 g/mol. The summed E-state index contributed by atoms with van der Waals surface area (Å²) in [5.41, 5.74) is 6.87. The number of aryl methyl sites for hydroxylation is 2. The highest BCUT2D eigenvalue weighted by atomic mass is 32.1. The Morgan fingerprint density at radius 1 is 1.60 bits per heavy atom. The SMILES string of the molecule is Cc1cc(C)n(CCCC(N)=S)c(=O)n1. The van der Waals surface area contributed by atoms with E-state index in [1.807, 2.05) is 19.9 Å². The Hall–Kier alpha value is -1.23. The van der Waals surface area contributed by atoms with Crippen LogP contribution in [0.15, 0.2) is 10.9 Å². The van der Waals surface area contributed by atoms with Gasteiger partial charge in [0.15, 0.2) is 0 Å². The molecule has 2 N–H and O–H groups in total. The van der Waals surface area contributed by atoms with Gasteiger partial charge in [-0.15, -0.1) is 0 Å². The number of aromatic nitrogens is 2. The molecule has 4 nitrogen and oxygen atoms in total. The minimum absolute atomic E-state index is 0.199. The number of hydrogen-bond donors (Lipinski definition) is 1. The number of hydrogen-bond acceptors (Lipinski definition) is 3. The van der Waals surface area contributed by atoms with Crippen molar-refractivity contribution in [3.8, 4) is 0 Å².